The summed E-state index contributed by atoms with van der Waals surface area (Å²) in [5, 5.41) is 3.46. The standard InChI is InChI=1S/C25H31N5O2/c1-4-27-25(28-15-19-5-7-20(8-6-19)16-29-12-10-26-18-29)30-11-9-21-13-23(31-2)24(32-3)14-22(21)17-30/h5-8,10,12-14,18H,4,9,11,15-17H2,1-3H3,(H,27,28). The van der Waals surface area contributed by atoms with Crippen LogP contribution in [-0.4, -0.2) is 47.7 Å². The molecule has 1 N–H and O–H groups in total. The van der Waals surface area contributed by atoms with Crippen LogP contribution in [0.2, 0.25) is 0 Å². The normalized spacial score (nSPS) is 13.6. The Morgan fingerprint density at radius 2 is 1.78 bits per heavy atom. The van der Waals surface area contributed by atoms with Crippen molar-refractivity contribution in [3.8, 4) is 11.5 Å². The van der Waals surface area contributed by atoms with Gasteiger partial charge < -0.3 is 24.3 Å². The fourth-order valence-corrected chi connectivity index (χ4v) is 4.00. The molecule has 7 nitrogen and oxygen atoms in total. The summed E-state index contributed by atoms with van der Waals surface area (Å²) in [6, 6.07) is 12.8. The highest BCUT2D eigenvalue weighted by Crippen LogP contribution is 2.33. The van der Waals surface area contributed by atoms with E-state index in [0.717, 1.165) is 50.1 Å². The summed E-state index contributed by atoms with van der Waals surface area (Å²) in [6.45, 7) is 6.12. The molecular formula is C25H31N5O2. The summed E-state index contributed by atoms with van der Waals surface area (Å²) in [7, 11) is 3.36. The fraction of sp³-hybridized carbons (Fsp3) is 0.360. The molecule has 0 atom stereocenters. The average molecular weight is 434 g/mol. The van der Waals surface area contributed by atoms with Crippen LogP contribution in [0.5, 0.6) is 11.5 Å². The van der Waals surface area contributed by atoms with E-state index in [9.17, 15) is 0 Å². The molecule has 0 spiro atoms. The maximum atomic E-state index is 5.50. The van der Waals surface area contributed by atoms with Crippen LogP contribution in [0.15, 0.2) is 60.1 Å². The molecule has 0 aliphatic carbocycles. The number of rotatable bonds is 7. The predicted octanol–water partition coefficient (Wildman–Crippen LogP) is 3.47. The smallest absolute Gasteiger partial charge is 0.194 e. The molecule has 1 aromatic heterocycles. The zero-order valence-electron chi connectivity index (χ0n) is 19.0. The van der Waals surface area contributed by atoms with Crippen molar-refractivity contribution in [3.05, 3.63) is 77.4 Å². The van der Waals surface area contributed by atoms with Gasteiger partial charge >= 0.3 is 0 Å². The summed E-state index contributed by atoms with van der Waals surface area (Å²) in [4.78, 5) is 11.3. The lowest BCUT2D eigenvalue weighted by Crippen LogP contribution is -2.44. The Hall–Kier alpha value is -3.48. The van der Waals surface area contributed by atoms with Crippen LogP contribution in [0.4, 0.5) is 0 Å². The lowest BCUT2D eigenvalue weighted by Gasteiger charge is -2.32. The van der Waals surface area contributed by atoms with Gasteiger partial charge in [-0.2, -0.15) is 0 Å². The topological polar surface area (TPSA) is 63.9 Å². The fourth-order valence-electron chi connectivity index (χ4n) is 4.00. The van der Waals surface area contributed by atoms with E-state index in [2.05, 4.69) is 63.1 Å². The zero-order chi connectivity index (χ0) is 22.3. The van der Waals surface area contributed by atoms with Gasteiger partial charge in [0.05, 0.1) is 27.1 Å². The second-order valence-electron chi connectivity index (χ2n) is 7.87. The minimum atomic E-state index is 0.642. The molecule has 3 aromatic rings. The minimum absolute atomic E-state index is 0.642. The van der Waals surface area contributed by atoms with Gasteiger partial charge in [-0.05, 0) is 47.7 Å². The van der Waals surface area contributed by atoms with Gasteiger partial charge in [0.2, 0.25) is 0 Å². The molecule has 0 bridgehead atoms. The van der Waals surface area contributed by atoms with E-state index >= 15 is 0 Å². The first-order valence-corrected chi connectivity index (χ1v) is 11.0. The van der Waals surface area contributed by atoms with Crippen molar-refractivity contribution in [3.63, 3.8) is 0 Å². The molecule has 1 aliphatic heterocycles. The van der Waals surface area contributed by atoms with Gasteiger partial charge in [-0.3, -0.25) is 0 Å². The molecule has 0 amide bonds. The second-order valence-corrected chi connectivity index (χ2v) is 7.87. The number of imidazole rings is 1. The Balaban J connectivity index is 1.45. The van der Waals surface area contributed by atoms with Crippen molar-refractivity contribution < 1.29 is 9.47 Å². The van der Waals surface area contributed by atoms with Crippen molar-refractivity contribution in [2.75, 3.05) is 27.3 Å². The van der Waals surface area contributed by atoms with E-state index in [4.69, 9.17) is 14.5 Å². The van der Waals surface area contributed by atoms with Crippen LogP contribution >= 0.6 is 0 Å². The molecule has 0 saturated heterocycles. The highest BCUT2D eigenvalue weighted by atomic mass is 16.5. The van der Waals surface area contributed by atoms with Gasteiger partial charge in [0.1, 0.15) is 0 Å². The second kappa shape index (κ2) is 10.2. The Bertz CT molecular complexity index is 1040. The number of ether oxygens (including phenoxy) is 2. The van der Waals surface area contributed by atoms with Crippen molar-refractivity contribution in [2.24, 2.45) is 4.99 Å². The van der Waals surface area contributed by atoms with Crippen LogP contribution < -0.4 is 14.8 Å². The third-order valence-electron chi connectivity index (χ3n) is 5.71. The van der Waals surface area contributed by atoms with Crippen LogP contribution in [0.3, 0.4) is 0 Å². The van der Waals surface area contributed by atoms with E-state index in [1.807, 2.05) is 12.5 Å². The first kappa shape index (κ1) is 21.7. The minimum Gasteiger partial charge on any atom is -0.493 e. The molecule has 2 heterocycles. The maximum absolute atomic E-state index is 5.50. The van der Waals surface area contributed by atoms with Gasteiger partial charge in [0.25, 0.3) is 0 Å². The average Bonchev–Trinajstić information content (AvgIpc) is 3.34. The molecule has 0 radical (unpaired) electrons. The summed E-state index contributed by atoms with van der Waals surface area (Å²) in [6.07, 6.45) is 6.56. The number of benzene rings is 2. The van der Waals surface area contributed by atoms with Crippen LogP contribution in [0.1, 0.15) is 29.2 Å². The van der Waals surface area contributed by atoms with E-state index in [-0.39, 0.29) is 0 Å². The highest BCUT2D eigenvalue weighted by Gasteiger charge is 2.21. The first-order valence-electron chi connectivity index (χ1n) is 11.0. The van der Waals surface area contributed by atoms with Gasteiger partial charge in [0, 0.05) is 38.6 Å². The zero-order valence-corrected chi connectivity index (χ0v) is 19.0. The third-order valence-corrected chi connectivity index (χ3v) is 5.71. The molecule has 1 aliphatic rings. The maximum Gasteiger partial charge on any atom is 0.194 e. The Kier molecular flexibility index (Phi) is 6.94. The third kappa shape index (κ3) is 5.04. The lowest BCUT2D eigenvalue weighted by molar-refractivity contribution is 0.346. The number of methoxy groups -OCH3 is 2. The van der Waals surface area contributed by atoms with Gasteiger partial charge in [0.15, 0.2) is 17.5 Å². The van der Waals surface area contributed by atoms with Gasteiger partial charge in [-0.25, -0.2) is 9.98 Å². The van der Waals surface area contributed by atoms with Crippen LogP contribution in [-0.2, 0) is 26.1 Å². The number of aromatic nitrogens is 2. The van der Waals surface area contributed by atoms with Crippen molar-refractivity contribution in [2.45, 2.75) is 33.0 Å². The number of hydrogen-bond donors (Lipinski definition) is 1. The highest BCUT2D eigenvalue weighted by molar-refractivity contribution is 5.80. The van der Waals surface area contributed by atoms with Gasteiger partial charge in [-0.1, -0.05) is 24.3 Å². The summed E-state index contributed by atoms with van der Waals surface area (Å²) < 4.78 is 13.0. The first-order chi connectivity index (χ1) is 15.7. The summed E-state index contributed by atoms with van der Waals surface area (Å²) in [5.74, 6) is 2.50. The quantitative estimate of drug-likeness (QED) is 0.457. The molecule has 2 aromatic carbocycles. The number of guanidine groups is 1. The molecule has 168 valence electrons. The molecule has 4 rings (SSSR count). The number of fused-ring (bicyclic) bond motifs is 1. The molecule has 0 unspecified atom stereocenters. The number of hydrogen-bond acceptors (Lipinski definition) is 4. The van der Waals surface area contributed by atoms with E-state index in [1.54, 1.807) is 20.4 Å². The predicted molar refractivity (Wildman–Crippen MR) is 126 cm³/mol. The molecule has 0 fully saturated rings. The van der Waals surface area contributed by atoms with Crippen molar-refractivity contribution in [1.29, 1.82) is 0 Å². The van der Waals surface area contributed by atoms with Gasteiger partial charge in [-0.15, -0.1) is 0 Å². The SMILES string of the molecule is CCNC(=NCc1ccc(Cn2ccnc2)cc1)N1CCc2cc(OC)c(OC)cc2C1. The number of nitrogens with one attached hydrogen (secondary N) is 1. The molecular weight excluding hydrogens is 402 g/mol. The van der Waals surface area contributed by atoms with E-state index in [1.165, 1.54) is 22.3 Å². The Morgan fingerprint density at radius 1 is 1.06 bits per heavy atom. The van der Waals surface area contributed by atoms with Crippen LogP contribution in [0.25, 0.3) is 0 Å². The Labute approximate surface area is 189 Å². The number of aliphatic imine (C=N–C) groups is 1. The van der Waals surface area contributed by atoms with Crippen molar-refractivity contribution >= 4 is 5.96 Å². The Morgan fingerprint density at radius 3 is 2.44 bits per heavy atom. The summed E-state index contributed by atoms with van der Waals surface area (Å²) >= 11 is 0. The largest absolute Gasteiger partial charge is 0.493 e. The summed E-state index contributed by atoms with van der Waals surface area (Å²) in [5.41, 5.74) is 5.00. The molecule has 7 heteroatoms. The number of nitrogens with zero attached hydrogens (tertiary/aromatic N) is 4. The van der Waals surface area contributed by atoms with E-state index < -0.39 is 0 Å². The lowest BCUT2D eigenvalue weighted by atomic mass is 9.99. The molecule has 32 heavy (non-hydrogen) atoms. The molecule has 0 saturated carbocycles. The van der Waals surface area contributed by atoms with Crippen LogP contribution in [0, 0.1) is 0 Å². The monoisotopic (exact) mass is 433 g/mol. The van der Waals surface area contributed by atoms with Crippen molar-refractivity contribution in [1.82, 2.24) is 19.8 Å². The van der Waals surface area contributed by atoms with E-state index in [0.29, 0.717) is 6.54 Å².